The van der Waals surface area contributed by atoms with E-state index in [4.69, 9.17) is 28.9 Å². The van der Waals surface area contributed by atoms with Crippen molar-refractivity contribution in [3.8, 4) is 16.3 Å². The zero-order valence-electron chi connectivity index (χ0n) is 9.72. The van der Waals surface area contributed by atoms with Gasteiger partial charge in [0.15, 0.2) is 5.13 Å². The summed E-state index contributed by atoms with van der Waals surface area (Å²) in [5.74, 6) is -0.581. The van der Waals surface area contributed by atoms with Crippen molar-refractivity contribution in [1.29, 1.82) is 0 Å². The van der Waals surface area contributed by atoms with Crippen LogP contribution < -0.4 is 5.73 Å². The summed E-state index contributed by atoms with van der Waals surface area (Å²) < 4.78 is 15.1. The molecule has 3 rings (SSSR count). The topological polar surface area (TPSA) is 69.6 Å². The van der Waals surface area contributed by atoms with Crippen LogP contribution in [0.3, 0.4) is 0 Å². The molecule has 0 spiro atoms. The molecule has 0 unspecified atom stereocenters. The van der Waals surface area contributed by atoms with Gasteiger partial charge in [0.2, 0.25) is 0 Å². The normalized spacial score (nSPS) is 10.9. The monoisotopic (exact) mass is 329 g/mol. The average Bonchev–Trinajstić information content (AvgIpc) is 3.02. The zero-order chi connectivity index (χ0) is 14.3. The summed E-state index contributed by atoms with van der Waals surface area (Å²) in [5, 5.41) is 5.16. The molecular formula is C11H6Cl2FN5S. The van der Waals surface area contributed by atoms with Crippen molar-refractivity contribution in [1.82, 2.24) is 19.7 Å². The number of thiazole rings is 1. The van der Waals surface area contributed by atoms with Gasteiger partial charge in [0.05, 0.1) is 10.0 Å². The van der Waals surface area contributed by atoms with Crippen LogP contribution in [0.5, 0.6) is 0 Å². The van der Waals surface area contributed by atoms with Crippen LogP contribution in [0.1, 0.15) is 0 Å². The Balaban J connectivity index is 2.23. The van der Waals surface area contributed by atoms with Crippen molar-refractivity contribution in [2.45, 2.75) is 0 Å². The second-order valence-corrected chi connectivity index (χ2v) is 5.62. The van der Waals surface area contributed by atoms with E-state index < -0.39 is 5.82 Å². The molecule has 0 fully saturated rings. The summed E-state index contributed by atoms with van der Waals surface area (Å²) in [6.07, 6.45) is 2.88. The third-order valence-electron chi connectivity index (χ3n) is 2.52. The number of nitrogens with zero attached hydrogens (tertiary/aromatic N) is 4. The molecule has 20 heavy (non-hydrogen) atoms. The highest BCUT2D eigenvalue weighted by Gasteiger charge is 2.18. The van der Waals surface area contributed by atoms with E-state index in [1.807, 2.05) is 0 Å². The van der Waals surface area contributed by atoms with Crippen LogP contribution in [0.2, 0.25) is 10.0 Å². The molecule has 0 aliphatic rings. The van der Waals surface area contributed by atoms with Crippen molar-refractivity contribution < 1.29 is 4.39 Å². The Kier molecular flexibility index (Phi) is 3.33. The van der Waals surface area contributed by atoms with Crippen LogP contribution in [-0.2, 0) is 0 Å². The summed E-state index contributed by atoms with van der Waals surface area (Å²) in [4.78, 5) is 8.04. The molecule has 2 heterocycles. The van der Waals surface area contributed by atoms with Gasteiger partial charge in [-0.25, -0.2) is 19.0 Å². The van der Waals surface area contributed by atoms with Gasteiger partial charge in [0, 0.05) is 5.56 Å². The molecule has 0 atom stereocenters. The Morgan fingerprint density at radius 3 is 2.75 bits per heavy atom. The van der Waals surface area contributed by atoms with E-state index in [0.717, 1.165) is 0 Å². The maximum Gasteiger partial charge on any atom is 0.182 e. The predicted octanol–water partition coefficient (Wildman–Crippen LogP) is 3.42. The lowest BCUT2D eigenvalue weighted by Crippen LogP contribution is -1.95. The summed E-state index contributed by atoms with van der Waals surface area (Å²) in [6.45, 7) is 0. The highest BCUT2D eigenvalue weighted by Crippen LogP contribution is 2.38. The van der Waals surface area contributed by atoms with Gasteiger partial charge in [-0.15, -0.1) is 0 Å². The first-order chi connectivity index (χ1) is 9.56. The van der Waals surface area contributed by atoms with Crippen LogP contribution >= 0.6 is 34.5 Å². The highest BCUT2D eigenvalue weighted by molar-refractivity contribution is 7.18. The summed E-state index contributed by atoms with van der Waals surface area (Å²) in [6, 6.07) is 2.55. The van der Waals surface area contributed by atoms with Crippen molar-refractivity contribution >= 4 is 39.7 Å². The molecule has 3 aromatic rings. The number of nitrogen functional groups attached to an aromatic ring is 1. The molecule has 1 aromatic carbocycles. The van der Waals surface area contributed by atoms with Crippen LogP contribution in [-0.4, -0.2) is 19.7 Å². The molecule has 0 radical (unpaired) electrons. The molecule has 5 nitrogen and oxygen atoms in total. The van der Waals surface area contributed by atoms with Crippen LogP contribution in [0.15, 0.2) is 24.8 Å². The van der Waals surface area contributed by atoms with E-state index in [1.165, 1.54) is 40.8 Å². The summed E-state index contributed by atoms with van der Waals surface area (Å²) in [7, 11) is 0. The number of benzene rings is 1. The molecule has 102 valence electrons. The minimum atomic E-state index is -0.581. The Bertz CT molecular complexity index is 771. The van der Waals surface area contributed by atoms with Crippen LogP contribution in [0.25, 0.3) is 16.3 Å². The minimum absolute atomic E-state index is 0.0516. The maximum atomic E-state index is 13.6. The fourth-order valence-electron chi connectivity index (χ4n) is 1.68. The zero-order valence-corrected chi connectivity index (χ0v) is 12.0. The standard InChI is InChI=1S/C11H6Cl2FN5S/c12-6-2-7(13)8(14)1-5(6)9-10(20-11(15)18-9)19-4-16-3-17-19/h1-4H,(H2,15,18). The van der Waals surface area contributed by atoms with Crippen LogP contribution in [0.4, 0.5) is 9.52 Å². The van der Waals surface area contributed by atoms with E-state index in [9.17, 15) is 4.39 Å². The maximum absolute atomic E-state index is 13.6. The Hall–Kier alpha value is -1.70. The number of halogens is 3. The molecule has 0 saturated heterocycles. The van der Waals surface area contributed by atoms with Crippen molar-refractivity contribution in [3.63, 3.8) is 0 Å². The van der Waals surface area contributed by atoms with Gasteiger partial charge in [-0.2, -0.15) is 5.10 Å². The Morgan fingerprint density at radius 1 is 1.25 bits per heavy atom. The quantitative estimate of drug-likeness (QED) is 0.731. The van der Waals surface area contributed by atoms with E-state index >= 15 is 0 Å². The third kappa shape index (κ3) is 2.24. The Labute approximate surface area is 126 Å². The highest BCUT2D eigenvalue weighted by atomic mass is 35.5. The van der Waals surface area contributed by atoms with Crippen LogP contribution in [0, 0.1) is 5.82 Å². The van der Waals surface area contributed by atoms with Crippen molar-refractivity contribution in [2.24, 2.45) is 0 Å². The number of hydrogen-bond donors (Lipinski definition) is 1. The number of rotatable bonds is 2. The molecule has 9 heteroatoms. The first kappa shape index (κ1) is 13.3. The molecule has 0 bridgehead atoms. The predicted molar refractivity (Wildman–Crippen MR) is 76.9 cm³/mol. The van der Waals surface area contributed by atoms with Gasteiger partial charge in [-0.3, -0.25) is 0 Å². The molecule has 0 aliphatic carbocycles. The van der Waals surface area contributed by atoms with Gasteiger partial charge >= 0.3 is 0 Å². The molecule has 0 saturated carbocycles. The average molecular weight is 330 g/mol. The fourth-order valence-corrected chi connectivity index (χ4v) is 2.92. The minimum Gasteiger partial charge on any atom is -0.375 e. The van der Waals surface area contributed by atoms with E-state index in [1.54, 1.807) is 0 Å². The molecule has 0 aliphatic heterocycles. The van der Waals surface area contributed by atoms with Crippen molar-refractivity contribution in [2.75, 3.05) is 5.73 Å². The number of aromatic nitrogens is 4. The van der Waals surface area contributed by atoms with Crippen molar-refractivity contribution in [3.05, 3.63) is 40.6 Å². The van der Waals surface area contributed by atoms with E-state index in [2.05, 4.69) is 15.1 Å². The smallest absolute Gasteiger partial charge is 0.182 e. The van der Waals surface area contributed by atoms with E-state index in [-0.39, 0.29) is 10.0 Å². The molecule has 2 aromatic heterocycles. The SMILES string of the molecule is Nc1nc(-c2cc(F)c(Cl)cc2Cl)c(-n2cncn2)s1. The number of nitrogens with two attached hydrogens (primary N) is 1. The van der Waals surface area contributed by atoms with Gasteiger partial charge in [-0.05, 0) is 12.1 Å². The largest absolute Gasteiger partial charge is 0.375 e. The first-order valence-electron chi connectivity index (χ1n) is 5.32. The first-order valence-corrected chi connectivity index (χ1v) is 6.89. The van der Waals surface area contributed by atoms with Gasteiger partial charge in [0.1, 0.15) is 29.2 Å². The van der Waals surface area contributed by atoms with Gasteiger partial charge in [0.25, 0.3) is 0 Å². The second kappa shape index (κ2) is 5.01. The number of anilines is 1. The second-order valence-electron chi connectivity index (χ2n) is 3.79. The third-order valence-corrected chi connectivity index (χ3v) is 3.99. The summed E-state index contributed by atoms with van der Waals surface area (Å²) in [5.41, 5.74) is 6.55. The van der Waals surface area contributed by atoms with E-state index in [0.29, 0.717) is 21.4 Å². The lowest BCUT2D eigenvalue weighted by Gasteiger charge is -2.05. The number of hydrogen-bond acceptors (Lipinski definition) is 5. The summed E-state index contributed by atoms with van der Waals surface area (Å²) >= 11 is 13.0. The lowest BCUT2D eigenvalue weighted by atomic mass is 10.1. The lowest BCUT2D eigenvalue weighted by molar-refractivity contribution is 0.628. The molecular weight excluding hydrogens is 324 g/mol. The van der Waals surface area contributed by atoms with Gasteiger partial charge < -0.3 is 5.73 Å². The van der Waals surface area contributed by atoms with Gasteiger partial charge in [-0.1, -0.05) is 34.5 Å². The fraction of sp³-hybridized carbons (Fsp3) is 0. The molecule has 0 amide bonds. The molecule has 2 N–H and O–H groups in total. The Morgan fingerprint density at radius 2 is 2.05 bits per heavy atom.